The Hall–Kier alpha value is -2.38. The quantitative estimate of drug-likeness (QED) is 0.714. The van der Waals surface area contributed by atoms with Crippen molar-refractivity contribution < 1.29 is 17.9 Å². The van der Waals surface area contributed by atoms with Crippen LogP contribution in [0.2, 0.25) is 0 Å². The number of hydrogen-bond donors (Lipinski definition) is 1. The predicted octanol–water partition coefficient (Wildman–Crippen LogP) is 2.70. The molecule has 27 heavy (non-hydrogen) atoms. The number of ether oxygens (including phenoxy) is 1. The minimum atomic E-state index is -3.74. The number of nitrogens with zero attached hydrogens (tertiary/aromatic N) is 1. The van der Waals surface area contributed by atoms with Crippen molar-refractivity contribution in [3.05, 3.63) is 59.7 Å². The fourth-order valence-electron chi connectivity index (χ4n) is 2.79. The standard InChI is InChI=1S/C20H26N2O4S/c1-4-22(5-2)27(24,25)19-15-17(11-12-18(19)26-3)20(23)21-14-13-16-9-7-6-8-10-16/h6-12,15H,4-5,13-14H2,1-3H3,(H,21,23). The van der Waals surface area contributed by atoms with Gasteiger partial charge in [-0.2, -0.15) is 4.31 Å². The zero-order chi connectivity index (χ0) is 19.9. The van der Waals surface area contributed by atoms with E-state index in [4.69, 9.17) is 4.74 Å². The summed E-state index contributed by atoms with van der Waals surface area (Å²) in [5, 5.41) is 2.83. The number of sulfonamides is 1. The molecule has 146 valence electrons. The number of rotatable bonds is 9. The van der Waals surface area contributed by atoms with Gasteiger partial charge in [-0.25, -0.2) is 8.42 Å². The molecule has 0 atom stereocenters. The normalized spacial score (nSPS) is 11.4. The molecule has 0 unspecified atom stereocenters. The van der Waals surface area contributed by atoms with Crippen LogP contribution in [0.4, 0.5) is 0 Å². The number of benzene rings is 2. The lowest BCUT2D eigenvalue weighted by atomic mass is 10.1. The van der Waals surface area contributed by atoms with Gasteiger partial charge < -0.3 is 10.1 Å². The zero-order valence-corrected chi connectivity index (χ0v) is 16.8. The summed E-state index contributed by atoms with van der Waals surface area (Å²) in [5.74, 6) is -0.0904. The highest BCUT2D eigenvalue weighted by Gasteiger charge is 2.26. The first-order valence-corrected chi connectivity index (χ1v) is 10.4. The number of carbonyl (C=O) groups is 1. The Balaban J connectivity index is 2.19. The summed E-state index contributed by atoms with van der Waals surface area (Å²) in [6.45, 7) is 4.69. The van der Waals surface area contributed by atoms with E-state index in [0.29, 0.717) is 26.1 Å². The molecule has 1 amide bonds. The summed E-state index contributed by atoms with van der Waals surface area (Å²) in [4.78, 5) is 12.5. The second-order valence-electron chi connectivity index (χ2n) is 5.95. The van der Waals surface area contributed by atoms with Gasteiger partial charge in [0.05, 0.1) is 7.11 Å². The Morgan fingerprint density at radius 3 is 2.33 bits per heavy atom. The second-order valence-corrected chi connectivity index (χ2v) is 7.85. The van der Waals surface area contributed by atoms with E-state index >= 15 is 0 Å². The molecule has 1 N–H and O–H groups in total. The van der Waals surface area contributed by atoms with Crippen LogP contribution in [0.5, 0.6) is 5.75 Å². The highest BCUT2D eigenvalue weighted by molar-refractivity contribution is 7.89. The van der Waals surface area contributed by atoms with Crippen molar-refractivity contribution in [3.63, 3.8) is 0 Å². The van der Waals surface area contributed by atoms with Gasteiger partial charge in [0.2, 0.25) is 10.0 Å². The van der Waals surface area contributed by atoms with Gasteiger partial charge in [0.25, 0.3) is 5.91 Å². The molecule has 2 rings (SSSR count). The fraction of sp³-hybridized carbons (Fsp3) is 0.350. The first kappa shape index (κ1) is 20.9. The molecule has 0 aromatic heterocycles. The minimum absolute atomic E-state index is 0.00408. The van der Waals surface area contributed by atoms with Crippen LogP contribution in [0.15, 0.2) is 53.4 Å². The molecule has 0 saturated carbocycles. The maximum Gasteiger partial charge on any atom is 0.251 e. The second kappa shape index (κ2) is 9.53. The highest BCUT2D eigenvalue weighted by Crippen LogP contribution is 2.27. The molecule has 0 aliphatic rings. The van der Waals surface area contributed by atoms with Crippen LogP contribution in [0.3, 0.4) is 0 Å². The molecule has 0 heterocycles. The molecule has 0 spiro atoms. The highest BCUT2D eigenvalue weighted by atomic mass is 32.2. The molecule has 0 fully saturated rings. The van der Waals surface area contributed by atoms with E-state index in [-0.39, 0.29) is 22.1 Å². The smallest absolute Gasteiger partial charge is 0.251 e. The first-order chi connectivity index (χ1) is 12.9. The number of methoxy groups -OCH3 is 1. The monoisotopic (exact) mass is 390 g/mol. The summed E-state index contributed by atoms with van der Waals surface area (Å²) in [6.07, 6.45) is 0.702. The van der Waals surface area contributed by atoms with Crippen molar-refractivity contribution in [1.82, 2.24) is 9.62 Å². The Morgan fingerprint density at radius 2 is 1.74 bits per heavy atom. The largest absolute Gasteiger partial charge is 0.495 e. The lowest BCUT2D eigenvalue weighted by Gasteiger charge is -2.20. The molecule has 0 aliphatic heterocycles. The van der Waals surface area contributed by atoms with E-state index in [0.717, 1.165) is 5.56 Å². The van der Waals surface area contributed by atoms with Crippen LogP contribution in [-0.4, -0.2) is 45.4 Å². The SMILES string of the molecule is CCN(CC)S(=O)(=O)c1cc(C(=O)NCCc2ccccc2)ccc1OC. The predicted molar refractivity (Wildman–Crippen MR) is 106 cm³/mol. The van der Waals surface area contributed by atoms with Crippen LogP contribution >= 0.6 is 0 Å². The maximum absolute atomic E-state index is 12.9. The maximum atomic E-state index is 12.9. The van der Waals surface area contributed by atoms with Crippen LogP contribution in [-0.2, 0) is 16.4 Å². The molecule has 2 aromatic carbocycles. The molecule has 2 aromatic rings. The number of hydrogen-bond acceptors (Lipinski definition) is 4. The molecule has 0 bridgehead atoms. The molecule has 0 aliphatic carbocycles. The van der Waals surface area contributed by atoms with E-state index in [1.54, 1.807) is 19.9 Å². The molecule has 6 nitrogen and oxygen atoms in total. The third-order valence-corrected chi connectivity index (χ3v) is 6.36. The Labute approximate surface area is 161 Å². The van der Waals surface area contributed by atoms with Gasteiger partial charge in [0.1, 0.15) is 10.6 Å². The van der Waals surface area contributed by atoms with Crippen molar-refractivity contribution in [2.45, 2.75) is 25.2 Å². The van der Waals surface area contributed by atoms with Crippen molar-refractivity contribution in [2.75, 3.05) is 26.7 Å². The average molecular weight is 391 g/mol. The Kier molecular flexibility index (Phi) is 7.38. The van der Waals surface area contributed by atoms with E-state index in [2.05, 4.69) is 5.32 Å². The number of carbonyl (C=O) groups excluding carboxylic acids is 1. The number of amides is 1. The van der Waals surface area contributed by atoms with Crippen molar-refractivity contribution in [1.29, 1.82) is 0 Å². The van der Waals surface area contributed by atoms with Crippen LogP contribution in [0.25, 0.3) is 0 Å². The van der Waals surface area contributed by atoms with Gasteiger partial charge in [0, 0.05) is 25.2 Å². The molecule has 7 heteroatoms. The lowest BCUT2D eigenvalue weighted by Crippen LogP contribution is -2.31. The minimum Gasteiger partial charge on any atom is -0.495 e. The van der Waals surface area contributed by atoms with Crippen LogP contribution in [0, 0.1) is 0 Å². The van der Waals surface area contributed by atoms with E-state index in [1.165, 1.54) is 23.5 Å². The van der Waals surface area contributed by atoms with Gasteiger partial charge in [-0.3, -0.25) is 4.79 Å². The Morgan fingerprint density at radius 1 is 1.07 bits per heavy atom. The van der Waals surface area contributed by atoms with Crippen molar-refractivity contribution in [2.24, 2.45) is 0 Å². The van der Waals surface area contributed by atoms with Gasteiger partial charge in [0.15, 0.2) is 0 Å². The summed E-state index contributed by atoms with van der Waals surface area (Å²) >= 11 is 0. The molecule has 0 saturated heterocycles. The summed E-state index contributed by atoms with van der Waals surface area (Å²) in [6, 6.07) is 14.3. The topological polar surface area (TPSA) is 75.7 Å². The van der Waals surface area contributed by atoms with Gasteiger partial charge in [-0.15, -0.1) is 0 Å². The third-order valence-electron chi connectivity index (χ3n) is 4.29. The van der Waals surface area contributed by atoms with Crippen molar-refractivity contribution in [3.8, 4) is 5.75 Å². The van der Waals surface area contributed by atoms with E-state index in [9.17, 15) is 13.2 Å². The average Bonchev–Trinajstić information content (AvgIpc) is 2.69. The van der Waals surface area contributed by atoms with Gasteiger partial charge in [-0.1, -0.05) is 44.2 Å². The van der Waals surface area contributed by atoms with Gasteiger partial charge in [-0.05, 0) is 30.2 Å². The molecule has 0 radical (unpaired) electrons. The molecular weight excluding hydrogens is 364 g/mol. The van der Waals surface area contributed by atoms with Crippen LogP contribution < -0.4 is 10.1 Å². The van der Waals surface area contributed by atoms with Crippen molar-refractivity contribution >= 4 is 15.9 Å². The van der Waals surface area contributed by atoms with E-state index in [1.807, 2.05) is 30.3 Å². The van der Waals surface area contributed by atoms with Gasteiger partial charge >= 0.3 is 0 Å². The third kappa shape index (κ3) is 5.08. The first-order valence-electron chi connectivity index (χ1n) is 8.94. The summed E-state index contributed by atoms with van der Waals surface area (Å²) < 4.78 is 32.3. The molecular formula is C20H26N2O4S. The summed E-state index contributed by atoms with van der Waals surface area (Å²) in [7, 11) is -2.32. The number of nitrogens with one attached hydrogen (secondary N) is 1. The van der Waals surface area contributed by atoms with Crippen LogP contribution in [0.1, 0.15) is 29.8 Å². The Bertz CT molecular complexity index is 863. The lowest BCUT2D eigenvalue weighted by molar-refractivity contribution is 0.0954. The summed E-state index contributed by atoms with van der Waals surface area (Å²) in [5.41, 5.74) is 1.41. The fourth-order valence-corrected chi connectivity index (χ4v) is 4.43. The zero-order valence-electron chi connectivity index (χ0n) is 15.9. The van der Waals surface area contributed by atoms with E-state index < -0.39 is 10.0 Å².